The fourth-order valence-electron chi connectivity index (χ4n) is 1.48. The van der Waals surface area contributed by atoms with Gasteiger partial charge in [-0.15, -0.1) is 0 Å². The first kappa shape index (κ1) is 21.7. The van der Waals surface area contributed by atoms with E-state index in [9.17, 15) is 4.79 Å². The van der Waals surface area contributed by atoms with Crippen LogP contribution in [0.15, 0.2) is 0 Å². The number of carbonyl (C=O) groups excluding carboxylic acids is 1. The van der Waals surface area contributed by atoms with E-state index in [-0.39, 0.29) is 18.9 Å². The number of carbonyl (C=O) groups is 1. The van der Waals surface area contributed by atoms with Gasteiger partial charge >= 0.3 is 0 Å². The van der Waals surface area contributed by atoms with Gasteiger partial charge in [0.25, 0.3) is 0 Å². The summed E-state index contributed by atoms with van der Waals surface area (Å²) in [7, 11) is 0. The molecule has 0 heterocycles. The highest BCUT2D eigenvalue weighted by Crippen LogP contribution is 2.20. The van der Waals surface area contributed by atoms with Gasteiger partial charge in [0.15, 0.2) is 0 Å². The predicted molar refractivity (Wildman–Crippen MR) is 87.0 cm³/mol. The molecular weight excluding hydrogens is 252 g/mol. The van der Waals surface area contributed by atoms with Gasteiger partial charge < -0.3 is 15.4 Å². The van der Waals surface area contributed by atoms with Crippen molar-refractivity contribution in [2.45, 2.75) is 67.3 Å². The van der Waals surface area contributed by atoms with E-state index < -0.39 is 0 Å². The quantitative estimate of drug-likeness (QED) is 0.675. The second kappa shape index (κ2) is 10.2. The van der Waals surface area contributed by atoms with Gasteiger partial charge in [-0.2, -0.15) is 0 Å². The molecule has 0 spiro atoms. The molecule has 0 aromatic rings. The highest BCUT2D eigenvalue weighted by atomic mass is 16.5. The molecule has 0 saturated carbocycles. The van der Waals surface area contributed by atoms with Crippen LogP contribution in [0.1, 0.15) is 61.8 Å². The third kappa shape index (κ3) is 17.4. The lowest BCUT2D eigenvalue weighted by atomic mass is 9.91. The van der Waals surface area contributed by atoms with Crippen LogP contribution >= 0.6 is 0 Å². The molecule has 0 saturated heterocycles. The molecule has 2 N–H and O–H groups in total. The summed E-state index contributed by atoms with van der Waals surface area (Å²) < 4.78 is 5.49. The van der Waals surface area contributed by atoms with Gasteiger partial charge in [0, 0.05) is 18.7 Å². The van der Waals surface area contributed by atoms with Gasteiger partial charge in [0.05, 0.1) is 13.2 Å². The molecule has 0 aromatic heterocycles. The molecule has 0 bridgehead atoms. The van der Waals surface area contributed by atoms with E-state index in [1.54, 1.807) is 0 Å². The van der Waals surface area contributed by atoms with E-state index in [0.717, 1.165) is 19.4 Å². The Morgan fingerprint density at radius 2 is 1.65 bits per heavy atom. The number of hydrogen-bond acceptors (Lipinski definition) is 3. The molecule has 0 radical (unpaired) electrons. The summed E-state index contributed by atoms with van der Waals surface area (Å²) in [6.07, 6.45) is 2.23. The average Bonchev–Trinajstić information content (AvgIpc) is 2.22. The maximum absolute atomic E-state index is 11.5. The highest BCUT2D eigenvalue weighted by Gasteiger charge is 2.11. The Kier molecular flexibility index (Phi) is 11.0. The summed E-state index contributed by atoms with van der Waals surface area (Å²) in [6.45, 7) is 15.1. The van der Waals surface area contributed by atoms with E-state index in [0.29, 0.717) is 25.1 Å². The van der Waals surface area contributed by atoms with Gasteiger partial charge in [-0.05, 0) is 39.0 Å². The topological polar surface area (TPSA) is 50.4 Å². The number of rotatable bonds is 8. The van der Waals surface area contributed by atoms with Gasteiger partial charge in [-0.3, -0.25) is 4.79 Å². The lowest BCUT2D eigenvalue weighted by Crippen LogP contribution is -2.43. The van der Waals surface area contributed by atoms with Crippen LogP contribution < -0.4 is 10.6 Å². The largest absolute Gasteiger partial charge is 0.380 e. The SMILES string of the molecule is C.CC(C)(C)CCCOCCNC(=O)CNC(C)(C)C. The minimum Gasteiger partial charge on any atom is -0.380 e. The van der Waals surface area contributed by atoms with Crippen molar-refractivity contribution in [3.05, 3.63) is 0 Å². The molecule has 122 valence electrons. The van der Waals surface area contributed by atoms with E-state index >= 15 is 0 Å². The standard InChI is InChI=1S/C15H32N2O2.CH4/c1-14(2,3)8-7-10-19-11-9-16-13(18)12-17-15(4,5)6;/h17H,7-12H2,1-6H3,(H,16,18);1H4. The maximum atomic E-state index is 11.5. The molecule has 0 rings (SSSR count). The molecule has 0 aliphatic rings. The molecule has 0 aromatic carbocycles. The smallest absolute Gasteiger partial charge is 0.234 e. The zero-order valence-electron chi connectivity index (χ0n) is 13.6. The lowest BCUT2D eigenvalue weighted by molar-refractivity contribution is -0.120. The molecular formula is C16H36N2O2. The van der Waals surface area contributed by atoms with Crippen LogP contribution in [0.4, 0.5) is 0 Å². The molecule has 0 atom stereocenters. The summed E-state index contributed by atoms with van der Waals surface area (Å²) in [6, 6.07) is 0. The van der Waals surface area contributed by atoms with Crippen LogP contribution in [-0.2, 0) is 9.53 Å². The first-order valence-corrected chi connectivity index (χ1v) is 7.20. The third-order valence-corrected chi connectivity index (χ3v) is 2.56. The fourth-order valence-corrected chi connectivity index (χ4v) is 1.48. The Balaban J connectivity index is 0. The number of hydrogen-bond donors (Lipinski definition) is 2. The van der Waals surface area contributed by atoms with Crippen molar-refractivity contribution in [3.63, 3.8) is 0 Å². The zero-order chi connectivity index (χ0) is 14.9. The van der Waals surface area contributed by atoms with Gasteiger partial charge in [0.1, 0.15) is 0 Å². The first-order valence-electron chi connectivity index (χ1n) is 7.20. The summed E-state index contributed by atoms with van der Waals surface area (Å²) in [4.78, 5) is 11.5. The Bertz CT molecular complexity index is 252. The Labute approximate surface area is 126 Å². The molecule has 0 fully saturated rings. The van der Waals surface area contributed by atoms with Crippen molar-refractivity contribution in [2.24, 2.45) is 5.41 Å². The molecule has 20 heavy (non-hydrogen) atoms. The number of amides is 1. The van der Waals surface area contributed by atoms with E-state index in [1.807, 2.05) is 20.8 Å². The van der Waals surface area contributed by atoms with Crippen LogP contribution in [0, 0.1) is 5.41 Å². The van der Waals surface area contributed by atoms with Crippen molar-refractivity contribution < 1.29 is 9.53 Å². The normalized spacial score (nSPS) is 11.9. The third-order valence-electron chi connectivity index (χ3n) is 2.56. The van der Waals surface area contributed by atoms with Crippen LogP contribution in [0.5, 0.6) is 0 Å². The number of ether oxygens (including phenoxy) is 1. The van der Waals surface area contributed by atoms with Gasteiger partial charge in [-0.25, -0.2) is 0 Å². The molecule has 4 nitrogen and oxygen atoms in total. The fraction of sp³-hybridized carbons (Fsp3) is 0.938. The summed E-state index contributed by atoms with van der Waals surface area (Å²) in [5.41, 5.74) is 0.344. The van der Waals surface area contributed by atoms with Crippen molar-refractivity contribution in [3.8, 4) is 0 Å². The average molecular weight is 288 g/mol. The van der Waals surface area contributed by atoms with Crippen molar-refractivity contribution in [1.29, 1.82) is 0 Å². The second-order valence-electron chi connectivity index (χ2n) is 7.23. The van der Waals surface area contributed by atoms with E-state index in [4.69, 9.17) is 4.74 Å². The van der Waals surface area contributed by atoms with Gasteiger partial charge in [-0.1, -0.05) is 28.2 Å². The minimum atomic E-state index is -0.0270. The molecule has 4 heteroatoms. The Hall–Kier alpha value is -0.610. The van der Waals surface area contributed by atoms with Crippen LogP contribution in [0.25, 0.3) is 0 Å². The van der Waals surface area contributed by atoms with Crippen LogP contribution in [-0.4, -0.2) is 37.7 Å². The lowest BCUT2D eigenvalue weighted by Gasteiger charge is -2.20. The Morgan fingerprint density at radius 1 is 1.05 bits per heavy atom. The summed E-state index contributed by atoms with van der Waals surface area (Å²) in [5, 5.41) is 5.98. The summed E-state index contributed by atoms with van der Waals surface area (Å²) in [5.74, 6) is 0.0215. The van der Waals surface area contributed by atoms with E-state index in [2.05, 4.69) is 31.4 Å². The number of nitrogens with one attached hydrogen (secondary N) is 2. The van der Waals surface area contributed by atoms with Crippen molar-refractivity contribution in [2.75, 3.05) is 26.3 Å². The highest BCUT2D eigenvalue weighted by molar-refractivity contribution is 5.78. The molecule has 0 aliphatic carbocycles. The summed E-state index contributed by atoms with van der Waals surface area (Å²) >= 11 is 0. The monoisotopic (exact) mass is 288 g/mol. The molecule has 1 amide bonds. The first-order chi connectivity index (χ1) is 8.60. The minimum absolute atomic E-state index is 0. The maximum Gasteiger partial charge on any atom is 0.234 e. The van der Waals surface area contributed by atoms with Crippen LogP contribution in [0.3, 0.4) is 0 Å². The van der Waals surface area contributed by atoms with Crippen molar-refractivity contribution in [1.82, 2.24) is 10.6 Å². The van der Waals surface area contributed by atoms with Gasteiger partial charge in [0.2, 0.25) is 5.91 Å². The van der Waals surface area contributed by atoms with Crippen molar-refractivity contribution >= 4 is 5.91 Å². The molecule has 0 aliphatic heterocycles. The van der Waals surface area contributed by atoms with Crippen LogP contribution in [0.2, 0.25) is 0 Å². The second-order valence-corrected chi connectivity index (χ2v) is 7.23. The zero-order valence-corrected chi connectivity index (χ0v) is 13.6. The predicted octanol–water partition coefficient (Wildman–Crippen LogP) is 2.97. The van der Waals surface area contributed by atoms with E-state index in [1.165, 1.54) is 0 Å². The Morgan fingerprint density at radius 3 is 2.15 bits per heavy atom. The molecule has 0 unspecified atom stereocenters.